The zero-order valence-corrected chi connectivity index (χ0v) is 19.3. The molecule has 1 aromatic heterocycles. The molecule has 1 atom stereocenters. The highest BCUT2D eigenvalue weighted by Gasteiger charge is 2.23. The Bertz CT molecular complexity index is 1130. The van der Waals surface area contributed by atoms with Crippen LogP contribution in [0.3, 0.4) is 0 Å². The molecule has 0 amide bonds. The van der Waals surface area contributed by atoms with Gasteiger partial charge in [0.1, 0.15) is 11.4 Å². The number of aliphatic hydroxyl groups excluding tert-OH is 1. The predicted molar refractivity (Wildman–Crippen MR) is 132 cm³/mol. The molecule has 33 heavy (non-hydrogen) atoms. The highest BCUT2D eigenvalue weighted by Crippen LogP contribution is 2.34. The van der Waals surface area contributed by atoms with Gasteiger partial charge in [0.2, 0.25) is 5.88 Å². The molecule has 0 spiro atoms. The van der Waals surface area contributed by atoms with Gasteiger partial charge in [0.15, 0.2) is 0 Å². The maximum atomic E-state index is 10.9. The minimum Gasteiger partial charge on any atom is -0.439 e. The van der Waals surface area contributed by atoms with E-state index in [1.54, 1.807) is 0 Å². The van der Waals surface area contributed by atoms with Crippen LogP contribution in [0.25, 0.3) is 11.3 Å². The molecule has 4 aromatic rings. The molecule has 4 rings (SSSR count). The molecular weight excluding hydrogens is 410 g/mol. The summed E-state index contributed by atoms with van der Waals surface area (Å²) in [4.78, 5) is 2.28. The second-order valence-electron chi connectivity index (χ2n) is 8.20. The second kappa shape index (κ2) is 10.9. The van der Waals surface area contributed by atoms with E-state index in [1.807, 2.05) is 90.6 Å². The standard InChI is InChI=1S/C28H31N3O2/c1-3-19-31(21-26(32)22-13-7-4-8-14-22)20-25-27(23-15-9-5-10-16-23)29-30(2)28(25)33-24-17-11-6-12-18-24/h4-18,26,32H,3,19-21H2,1-2H3. The molecule has 0 saturated heterocycles. The topological polar surface area (TPSA) is 50.5 Å². The van der Waals surface area contributed by atoms with Gasteiger partial charge in [-0.25, -0.2) is 4.68 Å². The van der Waals surface area contributed by atoms with Gasteiger partial charge in [0, 0.05) is 25.7 Å². The summed E-state index contributed by atoms with van der Waals surface area (Å²) in [5, 5.41) is 15.7. The van der Waals surface area contributed by atoms with Gasteiger partial charge in [-0.15, -0.1) is 0 Å². The molecular formula is C28H31N3O2. The van der Waals surface area contributed by atoms with Gasteiger partial charge in [0.25, 0.3) is 0 Å². The summed E-state index contributed by atoms with van der Waals surface area (Å²) in [5.74, 6) is 1.49. The summed E-state index contributed by atoms with van der Waals surface area (Å²) in [5.41, 5.74) is 3.89. The lowest BCUT2D eigenvalue weighted by atomic mass is 10.1. The lowest BCUT2D eigenvalue weighted by Crippen LogP contribution is -2.29. The van der Waals surface area contributed by atoms with Gasteiger partial charge in [-0.05, 0) is 30.7 Å². The number of aromatic nitrogens is 2. The molecule has 0 fully saturated rings. The molecule has 0 aliphatic heterocycles. The lowest BCUT2D eigenvalue weighted by Gasteiger charge is -2.25. The van der Waals surface area contributed by atoms with E-state index in [9.17, 15) is 5.11 Å². The van der Waals surface area contributed by atoms with Crippen LogP contribution in [0.5, 0.6) is 11.6 Å². The maximum Gasteiger partial charge on any atom is 0.222 e. The molecule has 170 valence electrons. The van der Waals surface area contributed by atoms with Crippen molar-refractivity contribution in [2.24, 2.45) is 7.05 Å². The largest absolute Gasteiger partial charge is 0.439 e. The third-order valence-corrected chi connectivity index (χ3v) is 5.63. The first-order valence-electron chi connectivity index (χ1n) is 11.4. The van der Waals surface area contributed by atoms with Crippen molar-refractivity contribution in [2.45, 2.75) is 26.0 Å². The second-order valence-corrected chi connectivity index (χ2v) is 8.20. The summed E-state index contributed by atoms with van der Waals surface area (Å²) >= 11 is 0. The summed E-state index contributed by atoms with van der Waals surface area (Å²) in [6.45, 7) is 4.17. The Morgan fingerprint density at radius 3 is 2.15 bits per heavy atom. The SMILES string of the molecule is CCCN(Cc1c(-c2ccccc2)nn(C)c1Oc1ccccc1)CC(O)c1ccccc1. The third kappa shape index (κ3) is 5.69. The first-order valence-corrected chi connectivity index (χ1v) is 11.4. The smallest absolute Gasteiger partial charge is 0.222 e. The molecule has 0 saturated carbocycles. The van der Waals surface area contributed by atoms with Crippen LogP contribution in [0.15, 0.2) is 91.0 Å². The monoisotopic (exact) mass is 441 g/mol. The number of hydrogen-bond donors (Lipinski definition) is 1. The van der Waals surface area contributed by atoms with Gasteiger partial charge in [-0.3, -0.25) is 4.90 Å². The van der Waals surface area contributed by atoms with Crippen LogP contribution < -0.4 is 4.74 Å². The zero-order chi connectivity index (χ0) is 23.0. The molecule has 0 bridgehead atoms. The lowest BCUT2D eigenvalue weighted by molar-refractivity contribution is 0.108. The van der Waals surface area contributed by atoms with Crippen molar-refractivity contribution in [3.05, 3.63) is 102 Å². The van der Waals surface area contributed by atoms with Gasteiger partial charge in [0.05, 0.1) is 11.7 Å². The molecule has 5 heteroatoms. The average Bonchev–Trinajstić information content (AvgIpc) is 3.16. The van der Waals surface area contributed by atoms with Crippen molar-refractivity contribution < 1.29 is 9.84 Å². The molecule has 3 aromatic carbocycles. The van der Waals surface area contributed by atoms with Crippen LogP contribution in [-0.2, 0) is 13.6 Å². The van der Waals surface area contributed by atoms with E-state index < -0.39 is 6.10 Å². The van der Waals surface area contributed by atoms with Crippen molar-refractivity contribution in [2.75, 3.05) is 13.1 Å². The number of para-hydroxylation sites is 1. The Morgan fingerprint density at radius 2 is 1.52 bits per heavy atom. The van der Waals surface area contributed by atoms with Crippen molar-refractivity contribution in [1.29, 1.82) is 0 Å². The van der Waals surface area contributed by atoms with Crippen molar-refractivity contribution >= 4 is 0 Å². The number of benzene rings is 3. The molecule has 1 N–H and O–H groups in total. The minimum atomic E-state index is -0.562. The van der Waals surface area contributed by atoms with E-state index in [4.69, 9.17) is 9.84 Å². The van der Waals surface area contributed by atoms with Crippen LogP contribution in [-0.4, -0.2) is 32.9 Å². The first-order chi connectivity index (χ1) is 16.2. The minimum absolute atomic E-state index is 0.533. The van der Waals surface area contributed by atoms with Gasteiger partial charge < -0.3 is 9.84 Å². The Kier molecular flexibility index (Phi) is 7.55. The predicted octanol–water partition coefficient (Wildman–Crippen LogP) is 5.83. The molecule has 0 radical (unpaired) electrons. The van der Waals surface area contributed by atoms with Crippen LogP contribution in [0.4, 0.5) is 0 Å². The molecule has 1 unspecified atom stereocenters. The number of nitrogens with zero attached hydrogens (tertiary/aromatic N) is 3. The fraction of sp³-hybridized carbons (Fsp3) is 0.250. The Balaban J connectivity index is 1.68. The average molecular weight is 442 g/mol. The van der Waals surface area contributed by atoms with E-state index in [0.29, 0.717) is 13.1 Å². The van der Waals surface area contributed by atoms with Crippen LogP contribution in [0.1, 0.15) is 30.6 Å². The van der Waals surface area contributed by atoms with E-state index >= 15 is 0 Å². The van der Waals surface area contributed by atoms with Crippen molar-refractivity contribution in [3.63, 3.8) is 0 Å². The number of ether oxygens (including phenoxy) is 1. The van der Waals surface area contributed by atoms with E-state index in [-0.39, 0.29) is 0 Å². The number of aliphatic hydroxyl groups is 1. The number of aryl methyl sites for hydroxylation is 1. The fourth-order valence-electron chi connectivity index (χ4n) is 4.05. The van der Waals surface area contributed by atoms with Crippen LogP contribution >= 0.6 is 0 Å². The summed E-state index contributed by atoms with van der Waals surface area (Å²) in [7, 11) is 1.91. The quantitative estimate of drug-likeness (QED) is 0.337. The summed E-state index contributed by atoms with van der Waals surface area (Å²) in [6.07, 6.45) is 0.421. The normalized spacial score (nSPS) is 12.1. The Hall–Kier alpha value is -3.41. The highest BCUT2D eigenvalue weighted by atomic mass is 16.5. The molecule has 0 aliphatic rings. The summed E-state index contributed by atoms with van der Waals surface area (Å²) in [6, 6.07) is 29.8. The van der Waals surface area contributed by atoms with E-state index in [0.717, 1.165) is 47.0 Å². The van der Waals surface area contributed by atoms with Crippen LogP contribution in [0.2, 0.25) is 0 Å². The fourth-order valence-corrected chi connectivity index (χ4v) is 4.05. The Morgan fingerprint density at radius 1 is 0.909 bits per heavy atom. The van der Waals surface area contributed by atoms with E-state index in [2.05, 4.69) is 24.0 Å². The van der Waals surface area contributed by atoms with E-state index in [1.165, 1.54) is 0 Å². The molecule has 1 heterocycles. The maximum absolute atomic E-state index is 10.9. The number of rotatable bonds is 10. The van der Waals surface area contributed by atoms with Crippen molar-refractivity contribution in [3.8, 4) is 22.9 Å². The zero-order valence-electron chi connectivity index (χ0n) is 19.3. The summed E-state index contributed by atoms with van der Waals surface area (Å²) < 4.78 is 8.13. The molecule has 0 aliphatic carbocycles. The van der Waals surface area contributed by atoms with Crippen molar-refractivity contribution in [1.82, 2.24) is 14.7 Å². The highest BCUT2D eigenvalue weighted by molar-refractivity contribution is 5.65. The Labute approximate surface area is 195 Å². The van der Waals surface area contributed by atoms with Gasteiger partial charge in [-0.2, -0.15) is 5.10 Å². The van der Waals surface area contributed by atoms with Gasteiger partial charge in [-0.1, -0.05) is 85.8 Å². The molecule has 5 nitrogen and oxygen atoms in total. The van der Waals surface area contributed by atoms with Gasteiger partial charge >= 0.3 is 0 Å². The number of hydrogen-bond acceptors (Lipinski definition) is 4. The third-order valence-electron chi connectivity index (χ3n) is 5.63. The van der Waals surface area contributed by atoms with Crippen LogP contribution in [0, 0.1) is 0 Å². The first kappa shape index (κ1) is 22.8.